The van der Waals surface area contributed by atoms with Crippen LogP contribution >= 0.6 is 11.6 Å². The molecule has 0 saturated carbocycles. The van der Waals surface area contributed by atoms with Crippen molar-refractivity contribution < 1.29 is 22.7 Å². The fourth-order valence-electron chi connectivity index (χ4n) is 2.81. The van der Waals surface area contributed by atoms with Crippen LogP contribution in [0.15, 0.2) is 42.5 Å². The zero-order valence-electron chi connectivity index (χ0n) is 16.1. The van der Waals surface area contributed by atoms with E-state index in [9.17, 15) is 13.2 Å². The molecule has 1 N–H and O–H groups in total. The lowest BCUT2D eigenvalue weighted by atomic mass is 10.1. The van der Waals surface area contributed by atoms with Crippen LogP contribution in [0.5, 0.6) is 11.5 Å². The first-order valence-corrected chi connectivity index (χ1v) is 10.7. The molecule has 152 valence electrons. The lowest BCUT2D eigenvalue weighted by Gasteiger charge is -2.30. The minimum absolute atomic E-state index is 0.265. The van der Waals surface area contributed by atoms with Crippen LogP contribution in [0.2, 0.25) is 5.02 Å². The molecule has 1 amide bonds. The molecular formula is C19H23ClN2O5S. The van der Waals surface area contributed by atoms with E-state index < -0.39 is 22.0 Å². The van der Waals surface area contributed by atoms with E-state index in [-0.39, 0.29) is 6.42 Å². The van der Waals surface area contributed by atoms with Crippen LogP contribution in [0.3, 0.4) is 0 Å². The van der Waals surface area contributed by atoms with Crippen LogP contribution < -0.4 is 19.1 Å². The molecule has 0 saturated heterocycles. The molecule has 28 heavy (non-hydrogen) atoms. The number of nitrogens with zero attached hydrogens (tertiary/aromatic N) is 1. The monoisotopic (exact) mass is 426 g/mol. The Morgan fingerprint density at radius 1 is 1.14 bits per heavy atom. The molecule has 1 atom stereocenters. The van der Waals surface area contributed by atoms with E-state index >= 15 is 0 Å². The van der Waals surface area contributed by atoms with Crippen LogP contribution in [0.1, 0.15) is 13.3 Å². The van der Waals surface area contributed by atoms with Gasteiger partial charge in [0.2, 0.25) is 15.9 Å². The maximum absolute atomic E-state index is 13.0. The molecule has 0 heterocycles. The Morgan fingerprint density at radius 3 is 2.25 bits per heavy atom. The summed E-state index contributed by atoms with van der Waals surface area (Å²) in [5, 5.41) is 3.05. The quantitative estimate of drug-likeness (QED) is 0.697. The van der Waals surface area contributed by atoms with Gasteiger partial charge in [0.1, 0.15) is 17.5 Å². The maximum Gasteiger partial charge on any atom is 0.248 e. The van der Waals surface area contributed by atoms with Crippen molar-refractivity contribution in [2.75, 3.05) is 30.1 Å². The van der Waals surface area contributed by atoms with Gasteiger partial charge in [-0.25, -0.2) is 8.42 Å². The van der Waals surface area contributed by atoms with Crippen molar-refractivity contribution in [2.45, 2.75) is 19.4 Å². The number of anilines is 2. The highest BCUT2D eigenvalue weighted by Gasteiger charge is 2.32. The summed E-state index contributed by atoms with van der Waals surface area (Å²) >= 11 is 6.09. The van der Waals surface area contributed by atoms with E-state index in [2.05, 4.69) is 5.32 Å². The van der Waals surface area contributed by atoms with Crippen molar-refractivity contribution in [3.63, 3.8) is 0 Å². The van der Waals surface area contributed by atoms with Crippen molar-refractivity contribution in [1.29, 1.82) is 0 Å². The van der Waals surface area contributed by atoms with E-state index in [4.69, 9.17) is 21.1 Å². The number of sulfonamides is 1. The largest absolute Gasteiger partial charge is 0.495 e. The first kappa shape index (κ1) is 21.8. The van der Waals surface area contributed by atoms with Gasteiger partial charge >= 0.3 is 0 Å². The highest BCUT2D eigenvalue weighted by Crippen LogP contribution is 2.36. The molecule has 0 aliphatic rings. The van der Waals surface area contributed by atoms with E-state index in [1.165, 1.54) is 26.4 Å². The van der Waals surface area contributed by atoms with Gasteiger partial charge in [0.15, 0.2) is 0 Å². The smallest absolute Gasteiger partial charge is 0.248 e. The molecule has 0 aliphatic heterocycles. The highest BCUT2D eigenvalue weighted by molar-refractivity contribution is 7.92. The van der Waals surface area contributed by atoms with Gasteiger partial charge in [0, 0.05) is 12.1 Å². The topological polar surface area (TPSA) is 84.9 Å². The molecule has 0 aliphatic carbocycles. The summed E-state index contributed by atoms with van der Waals surface area (Å²) in [6.07, 6.45) is 1.34. The average molecular weight is 427 g/mol. The van der Waals surface area contributed by atoms with E-state index in [1.54, 1.807) is 37.3 Å². The molecule has 0 bridgehead atoms. The molecular weight excluding hydrogens is 404 g/mol. The van der Waals surface area contributed by atoms with Gasteiger partial charge in [-0.1, -0.05) is 36.7 Å². The SMILES string of the molecule is CC[C@H](C(=O)Nc1cc(OC)c(Cl)cc1OC)N(c1ccccc1)S(C)(=O)=O. The normalized spacial score (nSPS) is 12.2. The molecule has 7 nitrogen and oxygen atoms in total. The molecule has 9 heteroatoms. The lowest BCUT2D eigenvalue weighted by molar-refractivity contribution is -0.117. The molecule has 2 aromatic rings. The zero-order valence-corrected chi connectivity index (χ0v) is 17.7. The van der Waals surface area contributed by atoms with Crippen LogP contribution in [0.25, 0.3) is 0 Å². The average Bonchev–Trinajstić information content (AvgIpc) is 2.66. The summed E-state index contributed by atoms with van der Waals surface area (Å²) < 4.78 is 36.4. The number of amides is 1. The number of halogens is 1. The summed E-state index contributed by atoms with van der Waals surface area (Å²) in [7, 11) is -0.811. The predicted octanol–water partition coefficient (Wildman–Crippen LogP) is 3.54. The number of rotatable bonds is 8. The van der Waals surface area contributed by atoms with Gasteiger partial charge in [-0.15, -0.1) is 0 Å². The summed E-state index contributed by atoms with van der Waals surface area (Å²) in [6.45, 7) is 1.74. The molecule has 0 unspecified atom stereocenters. The van der Waals surface area contributed by atoms with Gasteiger partial charge in [0.05, 0.1) is 36.9 Å². The van der Waals surface area contributed by atoms with Gasteiger partial charge in [-0.05, 0) is 18.6 Å². The van der Waals surface area contributed by atoms with E-state index in [1.807, 2.05) is 0 Å². The van der Waals surface area contributed by atoms with Gasteiger partial charge < -0.3 is 14.8 Å². The molecule has 0 radical (unpaired) electrons. The van der Waals surface area contributed by atoms with Crippen molar-refractivity contribution in [3.05, 3.63) is 47.5 Å². The van der Waals surface area contributed by atoms with E-state index in [0.717, 1.165) is 10.6 Å². The summed E-state index contributed by atoms with van der Waals surface area (Å²) in [5.41, 5.74) is 0.737. The van der Waals surface area contributed by atoms with Crippen molar-refractivity contribution >= 4 is 38.9 Å². The summed E-state index contributed by atoms with van der Waals surface area (Å²) in [6, 6.07) is 10.6. The fourth-order valence-corrected chi connectivity index (χ4v) is 4.25. The first-order chi connectivity index (χ1) is 13.2. The van der Waals surface area contributed by atoms with Crippen molar-refractivity contribution in [3.8, 4) is 11.5 Å². The Hall–Kier alpha value is -2.45. The summed E-state index contributed by atoms with van der Waals surface area (Å²) in [5.74, 6) is 0.188. The van der Waals surface area contributed by atoms with Crippen molar-refractivity contribution in [2.24, 2.45) is 0 Å². The number of carbonyl (C=O) groups excluding carboxylic acids is 1. The Balaban J connectivity index is 2.42. The predicted molar refractivity (Wildman–Crippen MR) is 111 cm³/mol. The zero-order chi connectivity index (χ0) is 20.9. The maximum atomic E-state index is 13.0. The minimum Gasteiger partial charge on any atom is -0.495 e. The highest BCUT2D eigenvalue weighted by atomic mass is 35.5. The Kier molecular flexibility index (Phi) is 7.15. The number of benzene rings is 2. The number of hydrogen-bond donors (Lipinski definition) is 1. The number of ether oxygens (including phenoxy) is 2. The van der Waals surface area contributed by atoms with Crippen molar-refractivity contribution in [1.82, 2.24) is 0 Å². The van der Waals surface area contributed by atoms with Gasteiger partial charge in [-0.2, -0.15) is 0 Å². The first-order valence-electron chi connectivity index (χ1n) is 8.49. The second-order valence-electron chi connectivity index (χ2n) is 5.99. The van der Waals surface area contributed by atoms with Crippen LogP contribution in [-0.2, 0) is 14.8 Å². The van der Waals surface area contributed by atoms with Gasteiger partial charge in [-0.3, -0.25) is 9.10 Å². The van der Waals surface area contributed by atoms with Crippen LogP contribution in [0, 0.1) is 0 Å². The van der Waals surface area contributed by atoms with Crippen LogP contribution in [-0.4, -0.2) is 40.8 Å². The minimum atomic E-state index is -3.71. The van der Waals surface area contributed by atoms with E-state index in [0.29, 0.717) is 27.9 Å². The third-order valence-corrected chi connectivity index (χ3v) is 5.55. The lowest BCUT2D eigenvalue weighted by Crippen LogP contribution is -2.47. The fraction of sp³-hybridized carbons (Fsp3) is 0.316. The Bertz CT molecular complexity index is 935. The molecule has 0 fully saturated rings. The number of carbonyl (C=O) groups is 1. The molecule has 0 aromatic heterocycles. The number of hydrogen-bond acceptors (Lipinski definition) is 5. The van der Waals surface area contributed by atoms with Gasteiger partial charge in [0.25, 0.3) is 0 Å². The summed E-state index contributed by atoms with van der Waals surface area (Å²) in [4.78, 5) is 13.0. The molecule has 2 aromatic carbocycles. The Labute approximate surface area is 170 Å². The third kappa shape index (κ3) is 4.88. The number of para-hydroxylation sites is 1. The standard InChI is InChI=1S/C19H23ClN2O5S/c1-5-16(22(28(4,24)25)13-9-7-6-8-10-13)19(23)21-15-12-17(26-2)14(20)11-18(15)27-3/h6-12,16H,5H2,1-4H3,(H,21,23)/t16-/m1/s1. The van der Waals surface area contributed by atoms with Crippen LogP contribution in [0.4, 0.5) is 11.4 Å². The Morgan fingerprint density at radius 2 is 1.75 bits per heavy atom. The second-order valence-corrected chi connectivity index (χ2v) is 8.26. The number of nitrogens with one attached hydrogen (secondary N) is 1. The molecule has 2 rings (SSSR count). The second kappa shape index (κ2) is 9.16. The number of methoxy groups -OCH3 is 2. The third-order valence-electron chi connectivity index (χ3n) is 4.07. The molecule has 0 spiro atoms.